The van der Waals surface area contributed by atoms with Crippen LogP contribution < -0.4 is 10.1 Å². The molecule has 0 aliphatic carbocycles. The maximum atomic E-state index is 13.8. The van der Waals surface area contributed by atoms with Crippen molar-refractivity contribution in [2.45, 2.75) is 33.2 Å². The summed E-state index contributed by atoms with van der Waals surface area (Å²) in [5.41, 5.74) is 0.200. The molecule has 0 aliphatic rings. The van der Waals surface area contributed by atoms with Gasteiger partial charge in [0.2, 0.25) is 0 Å². The lowest BCUT2D eigenvalue weighted by atomic mass is 9.92. The molecule has 4 heteroatoms. The van der Waals surface area contributed by atoms with Gasteiger partial charge in [0, 0.05) is 17.7 Å². The Morgan fingerprint density at radius 2 is 2.16 bits per heavy atom. The van der Waals surface area contributed by atoms with E-state index in [0.717, 1.165) is 0 Å². The van der Waals surface area contributed by atoms with Gasteiger partial charge in [-0.15, -0.1) is 0 Å². The van der Waals surface area contributed by atoms with Crippen LogP contribution in [0.5, 0.6) is 5.75 Å². The summed E-state index contributed by atoms with van der Waals surface area (Å²) in [6.07, 6.45) is 0.611. The zero-order valence-corrected chi connectivity index (χ0v) is 12.0. The second-order valence-corrected chi connectivity index (χ2v) is 5.29. The summed E-state index contributed by atoms with van der Waals surface area (Å²) in [6, 6.07) is 7.04. The lowest BCUT2D eigenvalue weighted by molar-refractivity contribution is 0.263. The van der Waals surface area contributed by atoms with Gasteiger partial charge in [-0.05, 0) is 40.3 Å². The van der Waals surface area contributed by atoms with E-state index in [1.54, 1.807) is 19.2 Å². The van der Waals surface area contributed by atoms with Crippen LogP contribution in [-0.2, 0) is 0 Å². The van der Waals surface area contributed by atoms with Gasteiger partial charge in [-0.25, -0.2) is 4.39 Å². The fourth-order valence-corrected chi connectivity index (χ4v) is 1.58. The zero-order chi connectivity index (χ0) is 14.5. The summed E-state index contributed by atoms with van der Waals surface area (Å²) in [7, 11) is 1.79. The number of hydrogen-bond acceptors (Lipinski definition) is 3. The SMILES string of the molecule is CNC(C)c1ccc(OCCC(C)(C)C#N)cc1F. The van der Waals surface area contributed by atoms with Crippen LogP contribution in [0.25, 0.3) is 0 Å². The van der Waals surface area contributed by atoms with Crippen molar-refractivity contribution >= 4 is 0 Å². The molecule has 0 heterocycles. The highest BCUT2D eigenvalue weighted by molar-refractivity contribution is 5.30. The minimum Gasteiger partial charge on any atom is -0.493 e. The molecule has 0 spiro atoms. The summed E-state index contributed by atoms with van der Waals surface area (Å²) < 4.78 is 19.3. The molecule has 0 saturated heterocycles. The van der Waals surface area contributed by atoms with Crippen molar-refractivity contribution in [1.82, 2.24) is 5.32 Å². The van der Waals surface area contributed by atoms with E-state index in [2.05, 4.69) is 11.4 Å². The first-order valence-corrected chi connectivity index (χ1v) is 6.40. The van der Waals surface area contributed by atoms with Gasteiger partial charge in [0.25, 0.3) is 0 Å². The van der Waals surface area contributed by atoms with Crippen molar-refractivity contribution in [1.29, 1.82) is 5.26 Å². The summed E-state index contributed by atoms with van der Waals surface area (Å²) in [4.78, 5) is 0. The van der Waals surface area contributed by atoms with Gasteiger partial charge in [-0.1, -0.05) is 6.07 Å². The van der Waals surface area contributed by atoms with Crippen molar-refractivity contribution < 1.29 is 9.13 Å². The number of benzene rings is 1. The van der Waals surface area contributed by atoms with Crippen LogP contribution in [0.1, 0.15) is 38.8 Å². The molecule has 1 unspecified atom stereocenters. The predicted molar refractivity (Wildman–Crippen MR) is 73.4 cm³/mol. The molecule has 0 radical (unpaired) electrons. The van der Waals surface area contributed by atoms with Crippen LogP contribution in [-0.4, -0.2) is 13.7 Å². The number of hydrogen-bond donors (Lipinski definition) is 1. The van der Waals surface area contributed by atoms with E-state index in [9.17, 15) is 4.39 Å². The molecule has 0 aromatic heterocycles. The molecule has 0 aliphatic heterocycles. The maximum Gasteiger partial charge on any atom is 0.131 e. The van der Waals surface area contributed by atoms with Crippen molar-refractivity contribution in [3.8, 4) is 11.8 Å². The molecular weight excluding hydrogens is 243 g/mol. The van der Waals surface area contributed by atoms with Gasteiger partial charge in [-0.3, -0.25) is 0 Å². The Morgan fingerprint density at radius 3 is 2.68 bits per heavy atom. The van der Waals surface area contributed by atoms with Crippen LogP contribution in [0.2, 0.25) is 0 Å². The number of nitriles is 1. The molecule has 19 heavy (non-hydrogen) atoms. The number of halogens is 1. The largest absolute Gasteiger partial charge is 0.493 e. The summed E-state index contributed by atoms with van der Waals surface area (Å²) in [5.74, 6) is 0.220. The van der Waals surface area contributed by atoms with E-state index in [0.29, 0.717) is 24.3 Å². The third kappa shape index (κ3) is 4.53. The lowest BCUT2D eigenvalue weighted by Crippen LogP contribution is -2.15. The Kier molecular flexibility index (Phi) is 5.31. The number of ether oxygens (including phenoxy) is 1. The first-order valence-electron chi connectivity index (χ1n) is 6.40. The fourth-order valence-electron chi connectivity index (χ4n) is 1.58. The molecule has 104 valence electrons. The van der Waals surface area contributed by atoms with Crippen LogP contribution >= 0.6 is 0 Å². The number of nitrogens with zero attached hydrogens (tertiary/aromatic N) is 1. The summed E-state index contributed by atoms with van der Waals surface area (Å²) >= 11 is 0. The molecule has 0 saturated carbocycles. The molecule has 0 bridgehead atoms. The van der Waals surface area contributed by atoms with Gasteiger partial charge in [0.05, 0.1) is 18.1 Å². The van der Waals surface area contributed by atoms with Gasteiger partial charge in [-0.2, -0.15) is 5.26 Å². The van der Waals surface area contributed by atoms with Crippen molar-refractivity contribution in [2.75, 3.05) is 13.7 Å². The van der Waals surface area contributed by atoms with Gasteiger partial charge in [0.15, 0.2) is 0 Å². The van der Waals surface area contributed by atoms with E-state index in [1.165, 1.54) is 6.07 Å². The van der Waals surface area contributed by atoms with E-state index in [1.807, 2.05) is 20.8 Å². The highest BCUT2D eigenvalue weighted by Gasteiger charge is 2.16. The van der Waals surface area contributed by atoms with Crippen molar-refractivity contribution in [3.05, 3.63) is 29.6 Å². The van der Waals surface area contributed by atoms with E-state index < -0.39 is 5.41 Å². The van der Waals surface area contributed by atoms with Crippen LogP contribution in [0.3, 0.4) is 0 Å². The molecule has 1 aromatic rings. The Balaban J connectivity index is 2.62. The average Bonchev–Trinajstić information content (AvgIpc) is 2.38. The first-order chi connectivity index (χ1) is 8.89. The average molecular weight is 264 g/mol. The standard InChI is InChI=1S/C15H21FN2O/c1-11(18-4)13-6-5-12(9-14(13)16)19-8-7-15(2,3)10-17/h5-6,9,11,18H,7-8H2,1-4H3. The maximum absolute atomic E-state index is 13.8. The Morgan fingerprint density at radius 1 is 1.47 bits per heavy atom. The Hall–Kier alpha value is -1.60. The second kappa shape index (κ2) is 6.53. The molecule has 1 atom stereocenters. The third-order valence-electron chi connectivity index (χ3n) is 3.17. The van der Waals surface area contributed by atoms with Crippen LogP contribution in [0, 0.1) is 22.6 Å². The summed E-state index contributed by atoms with van der Waals surface area (Å²) in [5, 5.41) is 11.9. The highest BCUT2D eigenvalue weighted by atomic mass is 19.1. The normalized spacial score (nSPS) is 12.8. The third-order valence-corrected chi connectivity index (χ3v) is 3.17. The van der Waals surface area contributed by atoms with Crippen molar-refractivity contribution in [3.63, 3.8) is 0 Å². The number of rotatable bonds is 6. The van der Waals surface area contributed by atoms with Gasteiger partial charge < -0.3 is 10.1 Å². The second-order valence-electron chi connectivity index (χ2n) is 5.29. The minimum absolute atomic E-state index is 0.0356. The molecule has 0 amide bonds. The molecule has 1 aromatic carbocycles. The molecule has 0 fully saturated rings. The van der Waals surface area contributed by atoms with E-state index >= 15 is 0 Å². The molecule has 1 N–H and O–H groups in total. The summed E-state index contributed by atoms with van der Waals surface area (Å²) in [6.45, 7) is 6.01. The zero-order valence-electron chi connectivity index (χ0n) is 12.0. The van der Waals surface area contributed by atoms with E-state index in [-0.39, 0.29) is 11.9 Å². The predicted octanol–water partition coefficient (Wildman–Crippen LogP) is 3.42. The molecule has 1 rings (SSSR count). The fraction of sp³-hybridized carbons (Fsp3) is 0.533. The minimum atomic E-state index is -0.418. The van der Waals surface area contributed by atoms with Gasteiger partial charge in [0.1, 0.15) is 11.6 Å². The smallest absolute Gasteiger partial charge is 0.131 e. The molecular formula is C15H21FN2O. The lowest BCUT2D eigenvalue weighted by Gasteiger charge is -2.16. The van der Waals surface area contributed by atoms with E-state index in [4.69, 9.17) is 10.00 Å². The first kappa shape index (κ1) is 15.5. The van der Waals surface area contributed by atoms with Crippen molar-refractivity contribution in [2.24, 2.45) is 5.41 Å². The van der Waals surface area contributed by atoms with Crippen LogP contribution in [0.15, 0.2) is 18.2 Å². The quantitative estimate of drug-likeness (QED) is 0.856. The highest BCUT2D eigenvalue weighted by Crippen LogP contribution is 2.23. The Labute approximate surface area is 114 Å². The monoisotopic (exact) mass is 264 g/mol. The Bertz CT molecular complexity index is 466. The number of nitrogens with one attached hydrogen (secondary N) is 1. The van der Waals surface area contributed by atoms with Gasteiger partial charge >= 0.3 is 0 Å². The molecule has 3 nitrogen and oxygen atoms in total. The van der Waals surface area contributed by atoms with Crippen LogP contribution in [0.4, 0.5) is 4.39 Å². The topological polar surface area (TPSA) is 45.0 Å².